The van der Waals surface area contributed by atoms with Crippen LogP contribution < -0.4 is 5.32 Å². The monoisotopic (exact) mass is 299 g/mol. The molecule has 0 bridgehead atoms. The standard InChI is InChI=1S/C12H14BrNO3/c1-12(2,3)11(17)14-9-6-7(13)4-5-8(9)10(15)16/h4-6H,1-3H3,(H,14,17)(H,15,16). The molecule has 92 valence electrons. The molecule has 2 N–H and O–H groups in total. The number of anilines is 1. The van der Waals surface area contributed by atoms with Gasteiger partial charge in [0.15, 0.2) is 0 Å². The van der Waals surface area contributed by atoms with Crippen LogP contribution in [0.25, 0.3) is 0 Å². The van der Waals surface area contributed by atoms with Gasteiger partial charge in [0.2, 0.25) is 5.91 Å². The Morgan fingerprint density at radius 2 is 1.88 bits per heavy atom. The van der Waals surface area contributed by atoms with Gasteiger partial charge in [-0.05, 0) is 18.2 Å². The van der Waals surface area contributed by atoms with Crippen LogP contribution in [0.15, 0.2) is 22.7 Å². The van der Waals surface area contributed by atoms with Crippen LogP contribution in [0.3, 0.4) is 0 Å². The molecule has 0 aromatic heterocycles. The lowest BCUT2D eigenvalue weighted by molar-refractivity contribution is -0.123. The molecule has 0 aliphatic heterocycles. The minimum atomic E-state index is -1.07. The maximum absolute atomic E-state index is 11.8. The van der Waals surface area contributed by atoms with E-state index < -0.39 is 11.4 Å². The van der Waals surface area contributed by atoms with E-state index in [4.69, 9.17) is 5.11 Å². The molecule has 0 saturated carbocycles. The predicted octanol–water partition coefficient (Wildman–Crippen LogP) is 3.13. The van der Waals surface area contributed by atoms with Crippen molar-refractivity contribution in [1.82, 2.24) is 0 Å². The second kappa shape index (κ2) is 4.87. The van der Waals surface area contributed by atoms with Gasteiger partial charge in [-0.3, -0.25) is 4.79 Å². The molecule has 5 heteroatoms. The van der Waals surface area contributed by atoms with E-state index in [9.17, 15) is 9.59 Å². The molecule has 0 aliphatic carbocycles. The summed E-state index contributed by atoms with van der Waals surface area (Å²) >= 11 is 3.24. The highest BCUT2D eigenvalue weighted by Crippen LogP contribution is 2.24. The van der Waals surface area contributed by atoms with Crippen LogP contribution in [-0.4, -0.2) is 17.0 Å². The molecule has 4 nitrogen and oxygen atoms in total. The molecule has 0 saturated heterocycles. The molecular weight excluding hydrogens is 286 g/mol. The third-order valence-electron chi connectivity index (χ3n) is 2.14. The smallest absolute Gasteiger partial charge is 0.337 e. The van der Waals surface area contributed by atoms with Crippen LogP contribution >= 0.6 is 15.9 Å². The minimum absolute atomic E-state index is 0.0748. The summed E-state index contributed by atoms with van der Waals surface area (Å²) in [5.74, 6) is -1.29. The number of nitrogens with one attached hydrogen (secondary N) is 1. The number of hydrogen-bond acceptors (Lipinski definition) is 2. The SMILES string of the molecule is CC(C)(C)C(=O)Nc1cc(Br)ccc1C(=O)O. The molecule has 1 amide bonds. The quantitative estimate of drug-likeness (QED) is 0.881. The van der Waals surface area contributed by atoms with Gasteiger partial charge in [-0.1, -0.05) is 36.7 Å². The number of aromatic carboxylic acids is 1. The van der Waals surface area contributed by atoms with Gasteiger partial charge in [0.25, 0.3) is 0 Å². The van der Waals surface area contributed by atoms with Crippen molar-refractivity contribution in [3.8, 4) is 0 Å². The largest absolute Gasteiger partial charge is 0.478 e. The molecule has 0 heterocycles. The van der Waals surface area contributed by atoms with E-state index in [0.717, 1.165) is 0 Å². The molecule has 0 unspecified atom stereocenters. The van der Waals surface area contributed by atoms with Gasteiger partial charge in [-0.2, -0.15) is 0 Å². The van der Waals surface area contributed by atoms with Crippen molar-refractivity contribution in [1.29, 1.82) is 0 Å². The van der Waals surface area contributed by atoms with Crippen molar-refractivity contribution in [2.75, 3.05) is 5.32 Å². The fourth-order valence-corrected chi connectivity index (χ4v) is 1.48. The van der Waals surface area contributed by atoms with Crippen molar-refractivity contribution in [3.05, 3.63) is 28.2 Å². The topological polar surface area (TPSA) is 66.4 Å². The van der Waals surface area contributed by atoms with Crippen LogP contribution in [0.1, 0.15) is 31.1 Å². The van der Waals surface area contributed by atoms with Gasteiger partial charge in [0.1, 0.15) is 0 Å². The number of benzene rings is 1. The predicted molar refractivity (Wildman–Crippen MR) is 69.2 cm³/mol. The number of carbonyl (C=O) groups excluding carboxylic acids is 1. The van der Waals surface area contributed by atoms with Crippen LogP contribution in [0.2, 0.25) is 0 Å². The summed E-state index contributed by atoms with van der Waals surface area (Å²) in [6, 6.07) is 4.65. The molecule has 0 aliphatic rings. The van der Waals surface area contributed by atoms with Crippen LogP contribution in [-0.2, 0) is 4.79 Å². The highest BCUT2D eigenvalue weighted by Gasteiger charge is 2.23. The lowest BCUT2D eigenvalue weighted by atomic mass is 9.95. The summed E-state index contributed by atoms with van der Waals surface area (Å²) in [5.41, 5.74) is -0.199. The molecule has 0 fully saturated rings. The average molecular weight is 300 g/mol. The molecule has 0 atom stereocenters. The maximum Gasteiger partial charge on any atom is 0.337 e. The second-order valence-electron chi connectivity index (χ2n) is 4.70. The number of carboxylic acid groups (broad SMARTS) is 1. The number of amides is 1. The Labute approximate surface area is 108 Å². The number of carbonyl (C=O) groups is 2. The number of rotatable bonds is 2. The van der Waals surface area contributed by atoms with Crippen LogP contribution in [0, 0.1) is 5.41 Å². The first-order valence-corrected chi connectivity index (χ1v) is 5.85. The Kier molecular flexibility index (Phi) is 3.93. The summed E-state index contributed by atoms with van der Waals surface area (Å²) in [6.45, 7) is 5.29. The van der Waals surface area contributed by atoms with Gasteiger partial charge >= 0.3 is 5.97 Å². The number of halogens is 1. The van der Waals surface area contributed by atoms with E-state index in [1.54, 1.807) is 32.9 Å². The molecule has 1 aromatic carbocycles. The van der Waals surface area contributed by atoms with Gasteiger partial charge in [-0.15, -0.1) is 0 Å². The van der Waals surface area contributed by atoms with Crippen LogP contribution in [0.4, 0.5) is 5.69 Å². The highest BCUT2D eigenvalue weighted by atomic mass is 79.9. The third kappa shape index (κ3) is 3.56. The number of carboxylic acids is 1. The average Bonchev–Trinajstić information content (AvgIpc) is 2.15. The first kappa shape index (κ1) is 13.7. The minimum Gasteiger partial charge on any atom is -0.478 e. The van der Waals surface area contributed by atoms with Crippen molar-refractivity contribution < 1.29 is 14.7 Å². The Morgan fingerprint density at radius 3 is 2.35 bits per heavy atom. The van der Waals surface area contributed by atoms with Crippen molar-refractivity contribution in [3.63, 3.8) is 0 Å². The summed E-state index contributed by atoms with van der Waals surface area (Å²) in [7, 11) is 0. The zero-order valence-electron chi connectivity index (χ0n) is 9.87. The lowest BCUT2D eigenvalue weighted by Gasteiger charge is -2.18. The lowest BCUT2D eigenvalue weighted by Crippen LogP contribution is -2.28. The zero-order chi connectivity index (χ0) is 13.2. The normalized spacial score (nSPS) is 11.1. The van der Waals surface area contributed by atoms with E-state index in [0.29, 0.717) is 10.2 Å². The molecular formula is C12H14BrNO3. The summed E-state index contributed by atoms with van der Waals surface area (Å²) in [4.78, 5) is 22.8. The van der Waals surface area contributed by atoms with E-state index in [1.807, 2.05) is 0 Å². The zero-order valence-corrected chi connectivity index (χ0v) is 11.5. The van der Waals surface area contributed by atoms with E-state index in [-0.39, 0.29) is 11.5 Å². The van der Waals surface area contributed by atoms with Gasteiger partial charge in [0.05, 0.1) is 11.3 Å². The maximum atomic E-state index is 11.8. The summed E-state index contributed by atoms with van der Waals surface area (Å²) in [5, 5.41) is 11.6. The Balaban J connectivity index is 3.09. The molecule has 0 spiro atoms. The van der Waals surface area contributed by atoms with E-state index in [1.165, 1.54) is 6.07 Å². The van der Waals surface area contributed by atoms with Crippen LogP contribution in [0.5, 0.6) is 0 Å². The van der Waals surface area contributed by atoms with Crippen molar-refractivity contribution >= 4 is 33.5 Å². The van der Waals surface area contributed by atoms with E-state index in [2.05, 4.69) is 21.2 Å². The van der Waals surface area contributed by atoms with Crippen molar-refractivity contribution in [2.24, 2.45) is 5.41 Å². The van der Waals surface area contributed by atoms with Gasteiger partial charge < -0.3 is 10.4 Å². The van der Waals surface area contributed by atoms with Crippen molar-refractivity contribution in [2.45, 2.75) is 20.8 Å². The number of hydrogen-bond donors (Lipinski definition) is 2. The molecule has 1 aromatic rings. The highest BCUT2D eigenvalue weighted by molar-refractivity contribution is 9.10. The first-order chi connectivity index (χ1) is 7.71. The summed E-state index contributed by atoms with van der Waals surface area (Å²) in [6.07, 6.45) is 0. The van der Waals surface area contributed by atoms with Gasteiger partial charge in [0, 0.05) is 9.89 Å². The molecule has 1 rings (SSSR count). The molecule has 17 heavy (non-hydrogen) atoms. The second-order valence-corrected chi connectivity index (χ2v) is 5.61. The fourth-order valence-electron chi connectivity index (χ4n) is 1.12. The first-order valence-electron chi connectivity index (χ1n) is 5.06. The Bertz CT molecular complexity index is 463. The fraction of sp³-hybridized carbons (Fsp3) is 0.333. The Hall–Kier alpha value is -1.36. The third-order valence-corrected chi connectivity index (χ3v) is 2.63. The van der Waals surface area contributed by atoms with Gasteiger partial charge in [-0.25, -0.2) is 4.79 Å². The molecule has 0 radical (unpaired) electrons. The van der Waals surface area contributed by atoms with E-state index >= 15 is 0 Å². The summed E-state index contributed by atoms with van der Waals surface area (Å²) < 4.78 is 0.715. The Morgan fingerprint density at radius 1 is 1.29 bits per heavy atom.